The molecule has 2 aromatic carbocycles. The summed E-state index contributed by atoms with van der Waals surface area (Å²) in [6.45, 7) is 1.85. The van der Waals surface area contributed by atoms with Crippen LogP contribution in [0.3, 0.4) is 0 Å². The number of hydrazone groups is 1. The number of aromatic hydroxyl groups is 1. The first-order valence-corrected chi connectivity index (χ1v) is 8.07. The van der Waals surface area contributed by atoms with Gasteiger partial charge in [0.2, 0.25) is 0 Å². The van der Waals surface area contributed by atoms with E-state index in [-0.39, 0.29) is 17.5 Å². The molecule has 2 N–H and O–H groups in total. The predicted molar refractivity (Wildman–Crippen MR) is 94.6 cm³/mol. The molecule has 0 saturated carbocycles. The first kappa shape index (κ1) is 17.7. The van der Waals surface area contributed by atoms with Crippen LogP contribution in [0.15, 0.2) is 35.4 Å². The minimum absolute atomic E-state index is 0.0511. The van der Waals surface area contributed by atoms with Gasteiger partial charge in [0.05, 0.1) is 19.9 Å². The molecule has 136 valence electrons. The molecule has 1 amide bonds. The molecule has 7 heteroatoms. The van der Waals surface area contributed by atoms with E-state index in [1.807, 2.05) is 6.92 Å². The molecule has 0 fully saturated rings. The van der Waals surface area contributed by atoms with Crippen LogP contribution in [0.4, 0.5) is 4.39 Å². The van der Waals surface area contributed by atoms with E-state index in [0.29, 0.717) is 40.3 Å². The molecule has 0 spiro atoms. The highest BCUT2D eigenvalue weighted by atomic mass is 19.1. The van der Waals surface area contributed by atoms with E-state index >= 15 is 0 Å². The lowest BCUT2D eigenvalue weighted by atomic mass is 10.0. The number of fused-ring (bicyclic) bond motifs is 1. The van der Waals surface area contributed by atoms with Crippen LogP contribution in [0.25, 0.3) is 0 Å². The Bertz CT molecular complexity index is 895. The summed E-state index contributed by atoms with van der Waals surface area (Å²) in [6.07, 6.45) is 0.427. The van der Waals surface area contributed by atoms with Gasteiger partial charge in [-0.2, -0.15) is 5.10 Å². The van der Waals surface area contributed by atoms with Crippen LogP contribution >= 0.6 is 0 Å². The van der Waals surface area contributed by atoms with E-state index in [0.717, 1.165) is 0 Å². The van der Waals surface area contributed by atoms with E-state index in [2.05, 4.69) is 10.5 Å². The van der Waals surface area contributed by atoms with Crippen molar-refractivity contribution in [3.8, 4) is 17.2 Å². The van der Waals surface area contributed by atoms with Gasteiger partial charge < -0.3 is 14.6 Å². The largest absolute Gasteiger partial charge is 0.507 e. The monoisotopic (exact) mass is 358 g/mol. The number of carbonyl (C=O) groups excluding carboxylic acids is 1. The fourth-order valence-corrected chi connectivity index (χ4v) is 3.12. The number of phenols is 1. The number of hydrogen-bond donors (Lipinski definition) is 2. The van der Waals surface area contributed by atoms with Gasteiger partial charge in [-0.05, 0) is 42.7 Å². The van der Waals surface area contributed by atoms with E-state index in [1.165, 1.54) is 32.4 Å². The number of amides is 1. The van der Waals surface area contributed by atoms with Crippen LogP contribution in [0.2, 0.25) is 0 Å². The molecule has 0 bridgehead atoms. The number of nitrogens with zero attached hydrogens (tertiary/aromatic N) is 1. The summed E-state index contributed by atoms with van der Waals surface area (Å²) in [6, 6.07) is 7.26. The molecular formula is C19H19FN2O4. The summed E-state index contributed by atoms with van der Waals surface area (Å²) < 4.78 is 24.4. The number of nitrogens with one attached hydrogen (secondary N) is 1. The number of halogens is 1. The first-order valence-electron chi connectivity index (χ1n) is 8.07. The molecular weight excluding hydrogens is 339 g/mol. The highest BCUT2D eigenvalue weighted by Crippen LogP contribution is 2.39. The third-order valence-corrected chi connectivity index (χ3v) is 4.39. The molecule has 0 radical (unpaired) electrons. The number of phenolic OH excluding ortho intramolecular Hbond substituents is 1. The van der Waals surface area contributed by atoms with Crippen molar-refractivity contribution in [3.63, 3.8) is 0 Å². The summed E-state index contributed by atoms with van der Waals surface area (Å²) in [4.78, 5) is 12.4. The van der Waals surface area contributed by atoms with E-state index < -0.39 is 5.91 Å². The van der Waals surface area contributed by atoms with Gasteiger partial charge in [-0.15, -0.1) is 0 Å². The van der Waals surface area contributed by atoms with E-state index in [1.54, 1.807) is 12.1 Å². The van der Waals surface area contributed by atoms with Crippen molar-refractivity contribution in [1.82, 2.24) is 5.43 Å². The van der Waals surface area contributed by atoms with Crippen molar-refractivity contribution in [2.75, 3.05) is 14.2 Å². The normalized spacial score (nSPS) is 17.1. The minimum Gasteiger partial charge on any atom is -0.507 e. The molecule has 0 saturated heterocycles. The maximum Gasteiger partial charge on any atom is 0.271 e. The van der Waals surface area contributed by atoms with Crippen molar-refractivity contribution in [2.45, 2.75) is 19.3 Å². The number of ether oxygens (including phenoxy) is 2. The number of rotatable bonds is 4. The molecule has 1 aliphatic carbocycles. The third-order valence-electron chi connectivity index (χ3n) is 4.39. The number of benzene rings is 2. The van der Waals surface area contributed by atoms with Crippen molar-refractivity contribution >= 4 is 11.6 Å². The zero-order valence-electron chi connectivity index (χ0n) is 14.7. The zero-order valence-corrected chi connectivity index (χ0v) is 14.7. The molecule has 2 aromatic rings. The van der Waals surface area contributed by atoms with Gasteiger partial charge in [0.25, 0.3) is 5.91 Å². The summed E-state index contributed by atoms with van der Waals surface area (Å²) in [7, 11) is 2.99. The number of carbonyl (C=O) groups is 1. The summed E-state index contributed by atoms with van der Waals surface area (Å²) in [5.41, 5.74) is 4.01. The highest BCUT2D eigenvalue weighted by molar-refractivity contribution is 6.08. The molecule has 0 heterocycles. The van der Waals surface area contributed by atoms with Gasteiger partial charge in [-0.25, -0.2) is 9.82 Å². The average molecular weight is 358 g/mol. The Balaban J connectivity index is 1.86. The summed E-state index contributed by atoms with van der Waals surface area (Å²) in [5, 5.41) is 14.2. The second kappa shape index (κ2) is 7.03. The Labute approximate surface area is 150 Å². The Kier molecular flexibility index (Phi) is 4.79. The predicted octanol–water partition coefficient (Wildman–Crippen LogP) is 3.19. The van der Waals surface area contributed by atoms with Gasteiger partial charge in [0, 0.05) is 16.7 Å². The third kappa shape index (κ3) is 3.08. The Morgan fingerprint density at radius 1 is 1.23 bits per heavy atom. The van der Waals surface area contributed by atoms with E-state index in [4.69, 9.17) is 9.47 Å². The van der Waals surface area contributed by atoms with Gasteiger partial charge in [-0.3, -0.25) is 4.79 Å². The Morgan fingerprint density at radius 3 is 2.65 bits per heavy atom. The standard InChI is InChI=1S/C19H19FN2O4/c1-10-8-13(18-14(23)6-5-12(20)17(10)18)21-22-19(24)11-4-7-15(25-2)16(9-11)26-3/h4-7,9-10,23H,8H2,1-3H3,(H,22,24)/b21-13+/t10-/m0/s1. The smallest absolute Gasteiger partial charge is 0.271 e. The van der Waals surface area contributed by atoms with Crippen molar-refractivity contribution in [2.24, 2.45) is 5.10 Å². The second-order valence-corrected chi connectivity index (χ2v) is 6.03. The van der Waals surface area contributed by atoms with Crippen LogP contribution in [-0.4, -0.2) is 30.9 Å². The first-order chi connectivity index (χ1) is 12.5. The molecule has 0 unspecified atom stereocenters. The molecule has 1 atom stereocenters. The molecule has 1 aliphatic rings. The Morgan fingerprint density at radius 2 is 1.96 bits per heavy atom. The molecule has 6 nitrogen and oxygen atoms in total. The fourth-order valence-electron chi connectivity index (χ4n) is 3.12. The van der Waals surface area contributed by atoms with Gasteiger partial charge in [0.15, 0.2) is 11.5 Å². The summed E-state index contributed by atoms with van der Waals surface area (Å²) >= 11 is 0. The highest BCUT2D eigenvalue weighted by Gasteiger charge is 2.30. The van der Waals surface area contributed by atoms with Gasteiger partial charge in [0.1, 0.15) is 11.6 Å². The molecule has 0 aliphatic heterocycles. The zero-order chi connectivity index (χ0) is 18.8. The van der Waals surface area contributed by atoms with Crippen LogP contribution in [0, 0.1) is 5.82 Å². The molecule has 3 rings (SSSR count). The van der Waals surface area contributed by atoms with Gasteiger partial charge >= 0.3 is 0 Å². The maximum atomic E-state index is 14.0. The van der Waals surface area contributed by atoms with Crippen LogP contribution in [0.1, 0.15) is 40.7 Å². The van der Waals surface area contributed by atoms with Crippen molar-refractivity contribution in [3.05, 3.63) is 52.8 Å². The molecule has 26 heavy (non-hydrogen) atoms. The molecule has 0 aromatic heterocycles. The lowest BCUT2D eigenvalue weighted by molar-refractivity contribution is 0.0954. The fraction of sp³-hybridized carbons (Fsp3) is 0.263. The van der Waals surface area contributed by atoms with E-state index in [9.17, 15) is 14.3 Å². The SMILES string of the molecule is COc1ccc(C(=O)N/N=C2\C[C@H](C)c3c(F)ccc(O)c32)cc1OC. The average Bonchev–Trinajstić information content (AvgIpc) is 2.99. The maximum absolute atomic E-state index is 14.0. The lowest BCUT2D eigenvalue weighted by Gasteiger charge is -2.09. The number of hydrogen-bond acceptors (Lipinski definition) is 5. The minimum atomic E-state index is -0.449. The van der Waals surface area contributed by atoms with Crippen LogP contribution in [-0.2, 0) is 0 Å². The second-order valence-electron chi connectivity index (χ2n) is 6.03. The van der Waals surface area contributed by atoms with Crippen LogP contribution in [0.5, 0.6) is 17.2 Å². The lowest BCUT2D eigenvalue weighted by Crippen LogP contribution is -2.19. The summed E-state index contributed by atoms with van der Waals surface area (Å²) in [5.74, 6) is -0.0856. The van der Waals surface area contributed by atoms with Crippen molar-refractivity contribution < 1.29 is 23.8 Å². The van der Waals surface area contributed by atoms with Crippen molar-refractivity contribution in [1.29, 1.82) is 0 Å². The van der Waals surface area contributed by atoms with Crippen LogP contribution < -0.4 is 14.9 Å². The topological polar surface area (TPSA) is 80.2 Å². The Hall–Kier alpha value is -3.09. The van der Waals surface area contributed by atoms with Gasteiger partial charge in [-0.1, -0.05) is 6.92 Å². The quantitative estimate of drug-likeness (QED) is 0.823. The number of methoxy groups -OCH3 is 2.